The van der Waals surface area contributed by atoms with Crippen LogP contribution < -0.4 is 5.32 Å². The second-order valence-corrected chi connectivity index (χ2v) is 4.83. The molecule has 2 rings (SSSR count). The van der Waals surface area contributed by atoms with Crippen LogP contribution in [0.15, 0.2) is 34.7 Å². The molecule has 0 radical (unpaired) electrons. The highest BCUT2D eigenvalue weighted by Gasteiger charge is 2.12. The van der Waals surface area contributed by atoms with Gasteiger partial charge in [0, 0.05) is 5.56 Å². The topological polar surface area (TPSA) is 25.2 Å². The minimum absolute atomic E-state index is 0.296. The van der Waals surface area contributed by atoms with Crippen LogP contribution in [0.5, 0.6) is 0 Å². The molecule has 0 spiro atoms. The fourth-order valence-corrected chi connectivity index (χ4v) is 2.36. The van der Waals surface area contributed by atoms with Crippen LogP contribution in [-0.4, -0.2) is 7.05 Å². The maximum atomic E-state index is 5.96. The van der Waals surface area contributed by atoms with Gasteiger partial charge in [0.1, 0.15) is 11.5 Å². The molecule has 1 atom stereocenters. The van der Waals surface area contributed by atoms with Crippen molar-refractivity contribution in [3.05, 3.63) is 47.2 Å². The molecule has 2 heteroatoms. The van der Waals surface area contributed by atoms with Crippen molar-refractivity contribution in [1.82, 2.24) is 5.32 Å². The average molecular weight is 243 g/mol. The maximum Gasteiger partial charge on any atom is 0.134 e. The minimum Gasteiger partial charge on any atom is -0.459 e. The predicted molar refractivity (Wildman–Crippen MR) is 75.7 cm³/mol. The molecule has 0 amide bonds. The lowest BCUT2D eigenvalue weighted by atomic mass is 10.1. The standard InChI is InChI=1S/C16H21NO/c1-5-14(17-4)16-7-6-15(18-16)13-9-11(2)8-12(3)10-13/h6-10,14,17H,5H2,1-4H3. The fourth-order valence-electron chi connectivity index (χ4n) is 2.36. The van der Waals surface area contributed by atoms with Crippen LogP contribution in [0, 0.1) is 13.8 Å². The molecule has 0 saturated carbocycles. The van der Waals surface area contributed by atoms with Crippen molar-refractivity contribution in [2.45, 2.75) is 33.2 Å². The van der Waals surface area contributed by atoms with E-state index in [-0.39, 0.29) is 0 Å². The van der Waals surface area contributed by atoms with Crippen LogP contribution in [0.25, 0.3) is 11.3 Å². The molecule has 1 unspecified atom stereocenters. The fraction of sp³-hybridized carbons (Fsp3) is 0.375. The van der Waals surface area contributed by atoms with Crippen molar-refractivity contribution in [1.29, 1.82) is 0 Å². The minimum atomic E-state index is 0.296. The van der Waals surface area contributed by atoms with Gasteiger partial charge in [0.05, 0.1) is 6.04 Å². The summed E-state index contributed by atoms with van der Waals surface area (Å²) in [4.78, 5) is 0. The Hall–Kier alpha value is -1.54. The Morgan fingerprint density at radius 1 is 1.11 bits per heavy atom. The Balaban J connectivity index is 2.34. The van der Waals surface area contributed by atoms with Gasteiger partial charge in [-0.05, 0) is 51.6 Å². The molecule has 2 aromatic rings. The molecule has 0 aliphatic rings. The molecule has 96 valence electrons. The zero-order valence-corrected chi connectivity index (χ0v) is 11.6. The Morgan fingerprint density at radius 2 is 1.78 bits per heavy atom. The third-order valence-electron chi connectivity index (χ3n) is 3.23. The highest BCUT2D eigenvalue weighted by atomic mass is 16.3. The van der Waals surface area contributed by atoms with Gasteiger partial charge >= 0.3 is 0 Å². The van der Waals surface area contributed by atoms with E-state index in [1.54, 1.807) is 0 Å². The highest BCUT2D eigenvalue weighted by Crippen LogP contribution is 2.27. The Bertz CT molecular complexity index is 503. The number of furan rings is 1. The van der Waals surface area contributed by atoms with Gasteiger partial charge in [-0.25, -0.2) is 0 Å². The van der Waals surface area contributed by atoms with Gasteiger partial charge in [-0.1, -0.05) is 24.1 Å². The average Bonchev–Trinajstić information content (AvgIpc) is 2.79. The Morgan fingerprint density at radius 3 is 2.33 bits per heavy atom. The van der Waals surface area contributed by atoms with E-state index in [1.165, 1.54) is 11.1 Å². The van der Waals surface area contributed by atoms with Crippen LogP contribution in [0.4, 0.5) is 0 Å². The van der Waals surface area contributed by atoms with Crippen LogP contribution in [-0.2, 0) is 0 Å². The van der Waals surface area contributed by atoms with Gasteiger partial charge in [0.25, 0.3) is 0 Å². The molecule has 1 aromatic heterocycles. The molecule has 0 saturated heterocycles. The van der Waals surface area contributed by atoms with E-state index in [0.29, 0.717) is 6.04 Å². The summed E-state index contributed by atoms with van der Waals surface area (Å²) >= 11 is 0. The predicted octanol–water partition coefficient (Wildman–Crippen LogP) is 4.23. The van der Waals surface area contributed by atoms with Gasteiger partial charge in [-0.15, -0.1) is 0 Å². The Labute approximate surface area is 109 Å². The van der Waals surface area contributed by atoms with E-state index in [2.05, 4.69) is 56.4 Å². The van der Waals surface area contributed by atoms with Crippen molar-refractivity contribution >= 4 is 0 Å². The molecule has 18 heavy (non-hydrogen) atoms. The monoisotopic (exact) mass is 243 g/mol. The number of aryl methyl sites for hydroxylation is 2. The molecule has 0 aliphatic carbocycles. The third kappa shape index (κ3) is 2.65. The zero-order chi connectivity index (χ0) is 13.1. The highest BCUT2D eigenvalue weighted by molar-refractivity contribution is 5.60. The summed E-state index contributed by atoms with van der Waals surface area (Å²) in [5, 5.41) is 3.26. The van der Waals surface area contributed by atoms with Crippen molar-refractivity contribution in [2.24, 2.45) is 0 Å². The van der Waals surface area contributed by atoms with Gasteiger partial charge in [-0.2, -0.15) is 0 Å². The van der Waals surface area contributed by atoms with Crippen molar-refractivity contribution in [3.63, 3.8) is 0 Å². The summed E-state index contributed by atoms with van der Waals surface area (Å²) < 4.78 is 5.96. The number of nitrogens with one attached hydrogen (secondary N) is 1. The molecule has 0 aliphatic heterocycles. The summed E-state index contributed by atoms with van der Waals surface area (Å²) in [6.07, 6.45) is 1.02. The van der Waals surface area contributed by atoms with Crippen LogP contribution in [0.1, 0.15) is 36.3 Å². The van der Waals surface area contributed by atoms with Gasteiger partial charge < -0.3 is 9.73 Å². The van der Waals surface area contributed by atoms with Crippen LogP contribution in [0.3, 0.4) is 0 Å². The van der Waals surface area contributed by atoms with E-state index >= 15 is 0 Å². The smallest absolute Gasteiger partial charge is 0.134 e. The zero-order valence-electron chi connectivity index (χ0n) is 11.6. The lowest BCUT2D eigenvalue weighted by Crippen LogP contribution is -2.14. The molecule has 1 heterocycles. The van der Waals surface area contributed by atoms with Crippen molar-refractivity contribution in [2.75, 3.05) is 7.05 Å². The van der Waals surface area contributed by atoms with E-state index in [9.17, 15) is 0 Å². The molecular formula is C16H21NO. The number of rotatable bonds is 4. The molecular weight excluding hydrogens is 222 g/mol. The number of benzene rings is 1. The first kappa shape index (κ1) is 12.9. The van der Waals surface area contributed by atoms with E-state index in [0.717, 1.165) is 23.5 Å². The van der Waals surface area contributed by atoms with E-state index in [1.807, 2.05) is 7.05 Å². The summed E-state index contributed by atoms with van der Waals surface area (Å²) in [5.41, 5.74) is 3.69. The first-order valence-electron chi connectivity index (χ1n) is 6.49. The lowest BCUT2D eigenvalue weighted by Gasteiger charge is -2.10. The third-order valence-corrected chi connectivity index (χ3v) is 3.23. The molecule has 2 nitrogen and oxygen atoms in total. The maximum absolute atomic E-state index is 5.96. The summed E-state index contributed by atoms with van der Waals surface area (Å²) in [5.74, 6) is 1.96. The van der Waals surface area contributed by atoms with Crippen LogP contribution in [0.2, 0.25) is 0 Å². The lowest BCUT2D eigenvalue weighted by molar-refractivity contribution is 0.431. The van der Waals surface area contributed by atoms with Gasteiger partial charge in [-0.3, -0.25) is 0 Å². The second-order valence-electron chi connectivity index (χ2n) is 4.83. The van der Waals surface area contributed by atoms with Crippen molar-refractivity contribution < 1.29 is 4.42 Å². The summed E-state index contributed by atoms with van der Waals surface area (Å²) in [6.45, 7) is 6.38. The normalized spacial score (nSPS) is 12.7. The van der Waals surface area contributed by atoms with Crippen LogP contribution >= 0.6 is 0 Å². The largest absolute Gasteiger partial charge is 0.459 e. The molecule has 1 aromatic carbocycles. The second kappa shape index (κ2) is 5.40. The first-order valence-corrected chi connectivity index (χ1v) is 6.49. The molecule has 0 bridgehead atoms. The summed E-state index contributed by atoms with van der Waals surface area (Å²) in [7, 11) is 1.97. The SMILES string of the molecule is CCC(NC)c1ccc(-c2cc(C)cc(C)c2)o1. The molecule has 0 fully saturated rings. The van der Waals surface area contributed by atoms with Gasteiger partial charge in [0.2, 0.25) is 0 Å². The van der Waals surface area contributed by atoms with E-state index < -0.39 is 0 Å². The Kier molecular flexibility index (Phi) is 3.87. The van der Waals surface area contributed by atoms with Gasteiger partial charge in [0.15, 0.2) is 0 Å². The summed E-state index contributed by atoms with van der Waals surface area (Å²) in [6, 6.07) is 10.9. The quantitative estimate of drug-likeness (QED) is 0.869. The van der Waals surface area contributed by atoms with Crippen molar-refractivity contribution in [3.8, 4) is 11.3 Å². The first-order chi connectivity index (χ1) is 8.63. The van der Waals surface area contributed by atoms with E-state index in [4.69, 9.17) is 4.42 Å². The number of hydrogen-bond donors (Lipinski definition) is 1. The molecule has 1 N–H and O–H groups in total. The number of hydrogen-bond acceptors (Lipinski definition) is 2.